The first-order valence-electron chi connectivity index (χ1n) is 6.75. The summed E-state index contributed by atoms with van der Waals surface area (Å²) in [6.45, 7) is 4.78. The lowest BCUT2D eigenvalue weighted by molar-refractivity contribution is -0.127. The zero-order valence-corrected chi connectivity index (χ0v) is 17.7. The lowest BCUT2D eigenvalue weighted by Crippen LogP contribution is -2.40. The number of carbonyl (C=O) groups is 2. The summed E-state index contributed by atoms with van der Waals surface area (Å²) in [4.78, 5) is 25.6. The van der Waals surface area contributed by atoms with Crippen molar-refractivity contribution < 1.29 is 19.1 Å². The van der Waals surface area contributed by atoms with Gasteiger partial charge in [0, 0.05) is 27.9 Å². The summed E-state index contributed by atoms with van der Waals surface area (Å²) in [6.07, 6.45) is 0. The smallest absolute Gasteiger partial charge is 0.345 e. The molecule has 1 aromatic heterocycles. The fourth-order valence-electron chi connectivity index (χ4n) is 2.42. The average Bonchev–Trinajstić information content (AvgIpc) is 2.83. The minimum atomic E-state index is -1.10. The second kappa shape index (κ2) is 5.99. The van der Waals surface area contributed by atoms with Crippen molar-refractivity contribution in [2.45, 2.75) is 26.6 Å². The Hall–Kier alpha value is -0.680. The van der Waals surface area contributed by atoms with Gasteiger partial charge in [-0.15, -0.1) is 11.3 Å². The van der Waals surface area contributed by atoms with E-state index in [1.165, 1.54) is 6.92 Å². The van der Waals surface area contributed by atoms with Gasteiger partial charge in [0.05, 0.1) is 8.45 Å². The SMILES string of the molecule is CC(=O)c1cc(I)c(-c2ccc(I)s2)c2c1OC(C)(C)OC2=O. The number of thiophene rings is 1. The van der Waals surface area contributed by atoms with Crippen LogP contribution in [0.5, 0.6) is 5.75 Å². The number of fused-ring (bicyclic) bond motifs is 1. The van der Waals surface area contributed by atoms with Crippen molar-refractivity contribution in [2.75, 3.05) is 0 Å². The Morgan fingerprint density at radius 3 is 2.43 bits per heavy atom. The van der Waals surface area contributed by atoms with E-state index < -0.39 is 11.8 Å². The molecular formula is C16H12I2O4S. The van der Waals surface area contributed by atoms with Crippen LogP contribution in [-0.4, -0.2) is 17.5 Å². The average molecular weight is 554 g/mol. The van der Waals surface area contributed by atoms with Crippen LogP contribution in [-0.2, 0) is 4.74 Å². The molecule has 7 heteroatoms. The minimum Gasteiger partial charge on any atom is -0.451 e. The summed E-state index contributed by atoms with van der Waals surface area (Å²) in [5, 5.41) is 0. The molecule has 2 heterocycles. The van der Waals surface area contributed by atoms with Gasteiger partial charge in [-0.2, -0.15) is 0 Å². The molecule has 0 spiro atoms. The lowest BCUT2D eigenvalue weighted by atomic mass is 9.97. The number of Topliss-reactive ketones (excluding diaryl/α,β-unsaturated/α-hetero) is 1. The number of rotatable bonds is 2. The van der Waals surface area contributed by atoms with Crippen molar-refractivity contribution >= 4 is 68.3 Å². The van der Waals surface area contributed by atoms with Crippen molar-refractivity contribution in [3.63, 3.8) is 0 Å². The fourth-order valence-corrected chi connectivity index (χ4v) is 5.17. The largest absolute Gasteiger partial charge is 0.451 e. The van der Waals surface area contributed by atoms with Gasteiger partial charge in [0.1, 0.15) is 11.3 Å². The minimum absolute atomic E-state index is 0.142. The molecule has 1 aliphatic heterocycles. The Bertz CT molecular complexity index is 839. The van der Waals surface area contributed by atoms with Gasteiger partial charge in [-0.1, -0.05) is 0 Å². The Morgan fingerprint density at radius 1 is 1.17 bits per heavy atom. The summed E-state index contributed by atoms with van der Waals surface area (Å²) in [6, 6.07) is 5.73. The van der Waals surface area contributed by atoms with Gasteiger partial charge in [0.2, 0.25) is 5.79 Å². The number of cyclic esters (lactones) is 1. The van der Waals surface area contributed by atoms with Gasteiger partial charge < -0.3 is 9.47 Å². The maximum absolute atomic E-state index is 12.6. The Balaban J connectivity index is 2.36. The zero-order valence-electron chi connectivity index (χ0n) is 12.5. The van der Waals surface area contributed by atoms with Gasteiger partial charge in [-0.3, -0.25) is 4.79 Å². The van der Waals surface area contributed by atoms with Gasteiger partial charge in [0.15, 0.2) is 5.78 Å². The van der Waals surface area contributed by atoms with Crippen LogP contribution >= 0.6 is 56.5 Å². The highest BCUT2D eigenvalue weighted by molar-refractivity contribution is 14.1. The van der Waals surface area contributed by atoms with Crippen LogP contribution in [0.25, 0.3) is 10.4 Å². The third-order valence-corrected chi connectivity index (χ3v) is 6.08. The van der Waals surface area contributed by atoms with Crippen LogP contribution in [0.3, 0.4) is 0 Å². The van der Waals surface area contributed by atoms with E-state index in [9.17, 15) is 9.59 Å². The molecule has 1 aliphatic rings. The second-order valence-electron chi connectivity index (χ2n) is 5.54. The summed E-state index contributed by atoms with van der Waals surface area (Å²) in [7, 11) is 0. The number of hydrogen-bond acceptors (Lipinski definition) is 5. The fraction of sp³-hybridized carbons (Fsp3) is 0.250. The lowest BCUT2D eigenvalue weighted by Gasteiger charge is -2.33. The quantitative estimate of drug-likeness (QED) is 0.294. The number of halogens is 2. The third-order valence-electron chi connectivity index (χ3n) is 3.32. The van der Waals surface area contributed by atoms with Crippen LogP contribution in [0.1, 0.15) is 41.5 Å². The van der Waals surface area contributed by atoms with Gasteiger partial charge in [0.25, 0.3) is 0 Å². The highest BCUT2D eigenvalue weighted by Gasteiger charge is 2.39. The molecule has 0 aliphatic carbocycles. The van der Waals surface area contributed by atoms with E-state index in [1.807, 2.05) is 12.1 Å². The number of ketones is 1. The molecule has 0 bridgehead atoms. The van der Waals surface area contributed by atoms with E-state index in [4.69, 9.17) is 9.47 Å². The predicted octanol–water partition coefficient (Wildman–Crippen LogP) is 5.11. The normalized spacial score (nSPS) is 15.6. The van der Waals surface area contributed by atoms with Gasteiger partial charge in [-0.05, 0) is 70.3 Å². The molecule has 2 aromatic rings. The molecule has 0 amide bonds. The summed E-state index contributed by atoms with van der Waals surface area (Å²) < 4.78 is 13.2. The molecule has 0 unspecified atom stereocenters. The molecule has 4 nitrogen and oxygen atoms in total. The monoisotopic (exact) mass is 554 g/mol. The first kappa shape index (κ1) is 17.2. The highest BCUT2D eigenvalue weighted by atomic mass is 127. The molecule has 120 valence electrons. The molecule has 23 heavy (non-hydrogen) atoms. The third kappa shape index (κ3) is 3.14. The van der Waals surface area contributed by atoms with Crippen molar-refractivity contribution in [3.8, 4) is 16.2 Å². The van der Waals surface area contributed by atoms with Crippen molar-refractivity contribution in [1.29, 1.82) is 0 Å². The van der Waals surface area contributed by atoms with Crippen molar-refractivity contribution in [3.05, 3.63) is 35.8 Å². The van der Waals surface area contributed by atoms with E-state index in [-0.39, 0.29) is 5.78 Å². The van der Waals surface area contributed by atoms with Crippen LogP contribution in [0.4, 0.5) is 0 Å². The van der Waals surface area contributed by atoms with Crippen LogP contribution in [0.15, 0.2) is 18.2 Å². The Kier molecular flexibility index (Phi) is 4.47. The molecule has 3 rings (SSSR count). The summed E-state index contributed by atoms with van der Waals surface area (Å²) >= 11 is 5.96. The number of esters is 1. The van der Waals surface area contributed by atoms with Gasteiger partial charge >= 0.3 is 5.97 Å². The molecule has 0 radical (unpaired) electrons. The second-order valence-corrected chi connectivity index (χ2v) is 9.68. The maximum Gasteiger partial charge on any atom is 0.345 e. The molecule has 0 atom stereocenters. The zero-order chi connectivity index (χ0) is 16.9. The van der Waals surface area contributed by atoms with E-state index >= 15 is 0 Å². The predicted molar refractivity (Wildman–Crippen MR) is 105 cm³/mol. The Labute approximate surface area is 164 Å². The number of carbonyl (C=O) groups excluding carboxylic acids is 2. The molecule has 0 saturated heterocycles. The Morgan fingerprint density at radius 2 is 1.87 bits per heavy atom. The molecular weight excluding hydrogens is 542 g/mol. The summed E-state index contributed by atoms with van der Waals surface area (Å²) in [5.74, 6) is -1.38. The van der Waals surface area contributed by atoms with Gasteiger partial charge in [-0.25, -0.2) is 4.79 Å². The molecule has 1 aromatic carbocycles. The van der Waals surface area contributed by atoms with E-state index in [2.05, 4.69) is 45.2 Å². The highest BCUT2D eigenvalue weighted by Crippen LogP contribution is 2.44. The van der Waals surface area contributed by atoms with Crippen LogP contribution in [0, 0.1) is 6.45 Å². The van der Waals surface area contributed by atoms with Crippen molar-refractivity contribution in [2.24, 2.45) is 0 Å². The number of benzene rings is 1. The number of ether oxygens (including phenoxy) is 2. The molecule has 0 saturated carbocycles. The van der Waals surface area contributed by atoms with Crippen LogP contribution in [0.2, 0.25) is 0 Å². The molecule has 0 fully saturated rings. The summed E-state index contributed by atoms with van der Waals surface area (Å²) in [5.41, 5.74) is 1.50. The standard InChI is InChI=1S/C16H12I2O4S/c1-7(19)8-6-9(17)12(10-4-5-11(18)23-10)13-14(8)21-16(2,3)22-15(13)20/h4-6H,1-3H3. The maximum atomic E-state index is 12.6. The van der Waals surface area contributed by atoms with E-state index in [0.717, 1.165) is 16.9 Å². The van der Waals surface area contributed by atoms with Crippen LogP contribution < -0.4 is 4.74 Å². The topological polar surface area (TPSA) is 52.6 Å². The van der Waals surface area contributed by atoms with E-state index in [0.29, 0.717) is 16.9 Å². The van der Waals surface area contributed by atoms with E-state index in [1.54, 1.807) is 31.3 Å². The van der Waals surface area contributed by atoms with Crippen molar-refractivity contribution in [1.82, 2.24) is 0 Å². The first-order valence-corrected chi connectivity index (χ1v) is 9.72. The molecule has 0 N–H and O–H groups in total. The first-order chi connectivity index (χ1) is 10.7. The number of hydrogen-bond donors (Lipinski definition) is 0.